The molecule has 0 aromatic carbocycles. The van der Waals surface area contributed by atoms with E-state index in [2.05, 4.69) is 22.1 Å². The third-order valence-corrected chi connectivity index (χ3v) is 3.89. The van der Waals surface area contributed by atoms with Crippen LogP contribution in [0.4, 0.5) is 0 Å². The molecule has 4 heteroatoms. The van der Waals surface area contributed by atoms with Crippen LogP contribution in [0.3, 0.4) is 0 Å². The molecular formula is C11H21N3S. The van der Waals surface area contributed by atoms with Crippen LogP contribution < -0.4 is 5.32 Å². The van der Waals surface area contributed by atoms with Crippen LogP contribution in [-0.4, -0.2) is 48.5 Å². The van der Waals surface area contributed by atoms with Crippen LogP contribution in [0.5, 0.6) is 0 Å². The number of nitrogens with zero attached hydrogens (tertiary/aromatic N) is 2. The van der Waals surface area contributed by atoms with E-state index in [1.54, 1.807) is 0 Å². The van der Waals surface area contributed by atoms with Gasteiger partial charge in [0.25, 0.3) is 0 Å². The number of amidine groups is 1. The van der Waals surface area contributed by atoms with Crippen molar-refractivity contribution in [2.75, 3.05) is 38.5 Å². The highest BCUT2D eigenvalue weighted by Crippen LogP contribution is 2.11. The number of nitrogens with one attached hydrogen (secondary N) is 1. The van der Waals surface area contributed by atoms with Crippen LogP contribution in [0.1, 0.15) is 19.8 Å². The molecule has 0 bridgehead atoms. The lowest BCUT2D eigenvalue weighted by molar-refractivity contribution is 0.288. The molecular weight excluding hydrogens is 206 g/mol. The number of thioether (sulfide) groups is 1. The predicted molar refractivity (Wildman–Crippen MR) is 67.6 cm³/mol. The van der Waals surface area contributed by atoms with E-state index in [1.807, 2.05) is 11.8 Å². The van der Waals surface area contributed by atoms with E-state index in [9.17, 15) is 0 Å². The highest BCUT2D eigenvalue weighted by Gasteiger charge is 2.15. The molecule has 1 N–H and O–H groups in total. The maximum absolute atomic E-state index is 4.39. The van der Waals surface area contributed by atoms with Gasteiger partial charge in [0.15, 0.2) is 5.17 Å². The lowest BCUT2D eigenvalue weighted by atomic mass is 10.2. The fraction of sp³-hybridized carbons (Fsp3) is 0.909. The average Bonchev–Trinajstić information content (AvgIpc) is 2.86. The van der Waals surface area contributed by atoms with Crippen LogP contribution in [-0.2, 0) is 0 Å². The summed E-state index contributed by atoms with van der Waals surface area (Å²) < 4.78 is 0. The topological polar surface area (TPSA) is 27.6 Å². The zero-order valence-electron chi connectivity index (χ0n) is 9.54. The summed E-state index contributed by atoms with van der Waals surface area (Å²) in [5.74, 6) is 1.88. The van der Waals surface area contributed by atoms with Gasteiger partial charge < -0.3 is 10.2 Å². The van der Waals surface area contributed by atoms with Crippen molar-refractivity contribution in [3.05, 3.63) is 0 Å². The summed E-state index contributed by atoms with van der Waals surface area (Å²) in [5.41, 5.74) is 0. The van der Waals surface area contributed by atoms with E-state index in [4.69, 9.17) is 0 Å². The first-order chi connectivity index (χ1) is 7.34. The largest absolute Gasteiger partial charge is 0.365 e. The summed E-state index contributed by atoms with van der Waals surface area (Å²) in [4.78, 5) is 6.97. The van der Waals surface area contributed by atoms with Crippen molar-refractivity contribution in [3.8, 4) is 0 Å². The van der Waals surface area contributed by atoms with Gasteiger partial charge in [-0.1, -0.05) is 18.7 Å². The minimum atomic E-state index is 0.729. The molecule has 0 aromatic heterocycles. The molecule has 2 aliphatic heterocycles. The summed E-state index contributed by atoms with van der Waals surface area (Å²) in [6.45, 7) is 8.24. The van der Waals surface area contributed by atoms with Crippen LogP contribution >= 0.6 is 11.8 Å². The van der Waals surface area contributed by atoms with Crippen molar-refractivity contribution < 1.29 is 0 Å². The molecule has 0 spiro atoms. The Morgan fingerprint density at radius 1 is 1.47 bits per heavy atom. The van der Waals surface area contributed by atoms with Crippen molar-refractivity contribution in [1.29, 1.82) is 0 Å². The standard InChI is InChI=1S/C11H21N3S/c1-10(9-14-5-2-3-6-14)8-13-11-12-4-7-15-11/h10H,2-9H2,1H3,(H,12,13). The molecule has 15 heavy (non-hydrogen) atoms. The van der Waals surface area contributed by atoms with E-state index in [1.165, 1.54) is 32.5 Å². The van der Waals surface area contributed by atoms with Crippen LogP contribution in [0, 0.1) is 5.92 Å². The van der Waals surface area contributed by atoms with Gasteiger partial charge in [0.1, 0.15) is 0 Å². The van der Waals surface area contributed by atoms with Gasteiger partial charge in [0.05, 0.1) is 6.54 Å². The molecule has 0 aromatic rings. The van der Waals surface area contributed by atoms with Gasteiger partial charge in [-0.3, -0.25) is 4.99 Å². The Morgan fingerprint density at radius 3 is 2.93 bits per heavy atom. The number of rotatable bonds is 4. The van der Waals surface area contributed by atoms with Gasteiger partial charge in [-0.25, -0.2) is 0 Å². The molecule has 3 nitrogen and oxygen atoms in total. The van der Waals surface area contributed by atoms with E-state index < -0.39 is 0 Å². The van der Waals surface area contributed by atoms with Crippen molar-refractivity contribution >= 4 is 16.9 Å². The molecule has 2 aliphatic rings. The Labute approximate surface area is 96.7 Å². The summed E-state index contributed by atoms with van der Waals surface area (Å²) in [5, 5.41) is 4.60. The summed E-state index contributed by atoms with van der Waals surface area (Å²) in [7, 11) is 0. The predicted octanol–water partition coefficient (Wildman–Crippen LogP) is 1.41. The van der Waals surface area contributed by atoms with Gasteiger partial charge in [0.2, 0.25) is 0 Å². The van der Waals surface area contributed by atoms with E-state index in [-0.39, 0.29) is 0 Å². The molecule has 2 rings (SSSR count). The van der Waals surface area contributed by atoms with Gasteiger partial charge in [-0.15, -0.1) is 0 Å². The minimum Gasteiger partial charge on any atom is -0.365 e. The fourth-order valence-electron chi connectivity index (χ4n) is 2.17. The first kappa shape index (κ1) is 11.3. The van der Waals surface area contributed by atoms with Crippen LogP contribution in [0.25, 0.3) is 0 Å². The summed E-state index contributed by atoms with van der Waals surface area (Å²) >= 11 is 1.85. The number of aliphatic imine (C=N–C) groups is 1. The second-order valence-electron chi connectivity index (χ2n) is 4.53. The Balaban J connectivity index is 1.61. The normalized spacial score (nSPS) is 24.2. The lowest BCUT2D eigenvalue weighted by Gasteiger charge is -2.20. The maximum Gasteiger partial charge on any atom is 0.156 e. The molecule has 1 atom stereocenters. The quantitative estimate of drug-likeness (QED) is 0.787. The third kappa shape index (κ3) is 3.68. The SMILES string of the molecule is CC(CNC1=NCCS1)CN1CCCC1. The van der Waals surface area contributed by atoms with Crippen LogP contribution in [0.15, 0.2) is 4.99 Å². The monoisotopic (exact) mass is 227 g/mol. The molecule has 0 amide bonds. The Hall–Kier alpha value is -0.220. The summed E-state index contributed by atoms with van der Waals surface area (Å²) in [6.07, 6.45) is 2.78. The molecule has 86 valence electrons. The van der Waals surface area contributed by atoms with E-state index in [0.29, 0.717) is 0 Å². The van der Waals surface area contributed by atoms with Crippen molar-refractivity contribution in [2.45, 2.75) is 19.8 Å². The second-order valence-corrected chi connectivity index (χ2v) is 5.61. The average molecular weight is 227 g/mol. The molecule has 0 radical (unpaired) electrons. The van der Waals surface area contributed by atoms with Crippen molar-refractivity contribution in [2.24, 2.45) is 10.9 Å². The second kappa shape index (κ2) is 5.75. The van der Waals surface area contributed by atoms with Crippen molar-refractivity contribution in [3.63, 3.8) is 0 Å². The molecule has 2 heterocycles. The summed E-state index contributed by atoms with van der Waals surface area (Å²) in [6, 6.07) is 0. The van der Waals surface area contributed by atoms with Gasteiger partial charge >= 0.3 is 0 Å². The number of hydrogen-bond donors (Lipinski definition) is 1. The molecule has 1 fully saturated rings. The highest BCUT2D eigenvalue weighted by molar-refractivity contribution is 8.14. The van der Waals surface area contributed by atoms with E-state index >= 15 is 0 Å². The van der Waals surface area contributed by atoms with Crippen molar-refractivity contribution in [1.82, 2.24) is 10.2 Å². The van der Waals surface area contributed by atoms with Crippen LogP contribution in [0.2, 0.25) is 0 Å². The van der Waals surface area contributed by atoms with E-state index in [0.717, 1.165) is 29.9 Å². The molecule has 0 aliphatic carbocycles. The number of hydrogen-bond acceptors (Lipinski definition) is 4. The van der Waals surface area contributed by atoms with Gasteiger partial charge in [-0.2, -0.15) is 0 Å². The zero-order chi connectivity index (χ0) is 10.5. The Kier molecular flexibility index (Phi) is 4.32. The molecule has 1 saturated heterocycles. The zero-order valence-corrected chi connectivity index (χ0v) is 10.4. The third-order valence-electron chi connectivity index (χ3n) is 2.96. The number of likely N-dealkylation sites (tertiary alicyclic amines) is 1. The first-order valence-electron chi connectivity index (χ1n) is 5.98. The van der Waals surface area contributed by atoms with Gasteiger partial charge in [0, 0.05) is 18.8 Å². The smallest absolute Gasteiger partial charge is 0.156 e. The highest BCUT2D eigenvalue weighted by atomic mass is 32.2. The lowest BCUT2D eigenvalue weighted by Crippen LogP contribution is -2.33. The molecule has 0 saturated carbocycles. The minimum absolute atomic E-state index is 0.729. The molecule has 1 unspecified atom stereocenters. The Morgan fingerprint density at radius 2 is 2.27 bits per heavy atom. The maximum atomic E-state index is 4.39. The fourth-order valence-corrected chi connectivity index (χ4v) is 2.92. The Bertz CT molecular complexity index is 224. The first-order valence-corrected chi connectivity index (χ1v) is 6.96. The van der Waals surface area contributed by atoms with Gasteiger partial charge in [-0.05, 0) is 31.8 Å².